The van der Waals surface area contributed by atoms with Crippen LogP contribution in [0.25, 0.3) is 10.8 Å². The zero-order valence-electron chi connectivity index (χ0n) is 31.0. The van der Waals surface area contributed by atoms with Crippen LogP contribution in [0.5, 0.6) is 6.01 Å². The number of nitrogens with zero attached hydrogens (tertiary/aromatic N) is 7. The number of carbonyl (C=O) groups is 2. The standard InChI is InChI=1S/C41H46FN7O5/c1-41(2,3)54-40(51)49-23-30(42)22-32(49)27-52-38-44-35-25-46(36-15-9-13-29-12-7-8-14-33(29)36)19-17-34(35)37(45-38)47-20-21-48(31(24-47)16-18-43)39(50)53-26-28-10-5-4-6-11-28/h4-15,30-32H,16-17,19-27H2,1-3H3/t30-,31?,32?/m1/s1. The lowest BCUT2D eigenvalue weighted by Crippen LogP contribution is -2.55. The zero-order valence-corrected chi connectivity index (χ0v) is 31.0. The molecule has 282 valence electrons. The molecular formula is C41H46FN7O5. The number of hydrogen-bond acceptors (Lipinski definition) is 10. The first-order valence-electron chi connectivity index (χ1n) is 18.5. The van der Waals surface area contributed by atoms with Crippen LogP contribution in [0.4, 0.5) is 25.5 Å². The van der Waals surface area contributed by atoms with E-state index in [4.69, 9.17) is 24.2 Å². The second kappa shape index (κ2) is 15.8. The van der Waals surface area contributed by atoms with Crippen molar-refractivity contribution in [2.45, 2.75) is 77.0 Å². The van der Waals surface area contributed by atoms with Crippen molar-refractivity contribution in [3.63, 3.8) is 0 Å². The van der Waals surface area contributed by atoms with E-state index in [1.165, 1.54) is 4.90 Å². The average molecular weight is 736 g/mol. The number of carbonyl (C=O) groups excluding carboxylic acids is 2. The summed E-state index contributed by atoms with van der Waals surface area (Å²) in [5.74, 6) is 0.687. The lowest BCUT2D eigenvalue weighted by Gasteiger charge is -2.42. The van der Waals surface area contributed by atoms with Crippen molar-refractivity contribution in [1.29, 1.82) is 5.26 Å². The van der Waals surface area contributed by atoms with Crippen LogP contribution in [0, 0.1) is 11.3 Å². The van der Waals surface area contributed by atoms with Crippen molar-refractivity contribution in [1.82, 2.24) is 19.8 Å². The summed E-state index contributed by atoms with van der Waals surface area (Å²) in [4.78, 5) is 43.6. The smallest absolute Gasteiger partial charge is 0.410 e. The normalized spacial score (nSPS) is 20.0. The fourth-order valence-corrected chi connectivity index (χ4v) is 7.51. The number of anilines is 2. The summed E-state index contributed by atoms with van der Waals surface area (Å²) in [5.41, 5.74) is 3.04. The van der Waals surface area contributed by atoms with E-state index in [0.29, 0.717) is 38.4 Å². The Bertz CT molecular complexity index is 2010. The Kier molecular flexibility index (Phi) is 10.7. The predicted octanol–water partition coefficient (Wildman–Crippen LogP) is 6.66. The van der Waals surface area contributed by atoms with Crippen LogP contribution < -0.4 is 14.5 Å². The Morgan fingerprint density at radius 1 is 0.889 bits per heavy atom. The van der Waals surface area contributed by atoms with Gasteiger partial charge < -0.3 is 28.9 Å². The van der Waals surface area contributed by atoms with Crippen LogP contribution in [0.3, 0.4) is 0 Å². The van der Waals surface area contributed by atoms with Gasteiger partial charge in [-0.3, -0.25) is 4.90 Å². The van der Waals surface area contributed by atoms with Gasteiger partial charge in [-0.2, -0.15) is 15.2 Å². The van der Waals surface area contributed by atoms with Crippen molar-refractivity contribution >= 4 is 34.5 Å². The molecule has 7 rings (SSSR count). The summed E-state index contributed by atoms with van der Waals surface area (Å²) in [6, 6.07) is 25.4. The van der Waals surface area contributed by atoms with Gasteiger partial charge in [0, 0.05) is 49.2 Å². The minimum atomic E-state index is -1.20. The van der Waals surface area contributed by atoms with Gasteiger partial charge in [0.15, 0.2) is 0 Å². The Hall–Kier alpha value is -5.64. The molecule has 2 amide bonds. The van der Waals surface area contributed by atoms with Gasteiger partial charge >= 0.3 is 18.2 Å². The summed E-state index contributed by atoms with van der Waals surface area (Å²) in [6.07, 6.45) is -1.35. The largest absolute Gasteiger partial charge is 0.461 e. The maximum Gasteiger partial charge on any atom is 0.410 e. The molecule has 1 aromatic heterocycles. The Balaban J connectivity index is 1.15. The summed E-state index contributed by atoms with van der Waals surface area (Å²) in [5, 5.41) is 12.1. The van der Waals surface area contributed by atoms with Crippen molar-refractivity contribution < 1.29 is 28.2 Å². The Morgan fingerprint density at radius 2 is 1.67 bits per heavy atom. The highest BCUT2D eigenvalue weighted by Crippen LogP contribution is 2.35. The molecule has 4 heterocycles. The number of ether oxygens (including phenoxy) is 3. The van der Waals surface area contributed by atoms with Crippen LogP contribution in [-0.4, -0.2) is 95.1 Å². The Labute approximate surface area is 315 Å². The summed E-state index contributed by atoms with van der Waals surface area (Å²) in [6.45, 7) is 7.77. The molecule has 2 saturated heterocycles. The lowest BCUT2D eigenvalue weighted by atomic mass is 10.0. The van der Waals surface area contributed by atoms with Gasteiger partial charge in [-0.05, 0) is 44.2 Å². The van der Waals surface area contributed by atoms with Gasteiger partial charge in [0.05, 0.1) is 43.4 Å². The molecule has 3 aromatic carbocycles. The van der Waals surface area contributed by atoms with Crippen molar-refractivity contribution in [3.05, 3.63) is 89.6 Å². The van der Waals surface area contributed by atoms with E-state index in [9.17, 15) is 19.2 Å². The molecule has 0 spiro atoms. The van der Waals surface area contributed by atoms with E-state index in [-0.39, 0.29) is 38.6 Å². The molecule has 0 N–H and O–H groups in total. The fourth-order valence-electron chi connectivity index (χ4n) is 7.51. The summed E-state index contributed by atoms with van der Waals surface area (Å²) in [7, 11) is 0. The van der Waals surface area contributed by atoms with E-state index in [0.717, 1.165) is 39.8 Å². The molecule has 0 aliphatic carbocycles. The van der Waals surface area contributed by atoms with E-state index in [1.807, 2.05) is 42.5 Å². The molecule has 3 aliphatic rings. The maximum atomic E-state index is 14.7. The SMILES string of the molecule is CC(C)(C)OC(=O)N1C[C@H](F)CC1COc1nc2c(c(N3CCN(C(=O)OCc4ccccc4)C(CC#N)C3)n1)CCN(c1cccc3ccccc13)C2. The van der Waals surface area contributed by atoms with Gasteiger partial charge in [0.2, 0.25) is 0 Å². The number of piperazine rings is 1. The van der Waals surface area contributed by atoms with Gasteiger partial charge in [0.25, 0.3) is 0 Å². The molecule has 54 heavy (non-hydrogen) atoms. The third-order valence-corrected chi connectivity index (χ3v) is 10.1. The molecule has 0 saturated carbocycles. The van der Waals surface area contributed by atoms with E-state index < -0.39 is 36.0 Å². The number of hydrogen-bond donors (Lipinski definition) is 0. The fraction of sp³-hybridized carbons (Fsp3) is 0.439. The second-order valence-electron chi connectivity index (χ2n) is 15.1. The molecule has 0 radical (unpaired) electrons. The molecule has 2 unspecified atom stereocenters. The molecule has 13 heteroatoms. The number of halogens is 1. The molecule has 2 fully saturated rings. The third-order valence-electron chi connectivity index (χ3n) is 10.1. The van der Waals surface area contributed by atoms with E-state index >= 15 is 0 Å². The number of fused-ring (bicyclic) bond motifs is 2. The quantitative estimate of drug-likeness (QED) is 0.194. The number of nitriles is 1. The van der Waals surface area contributed by atoms with Gasteiger partial charge in [-0.15, -0.1) is 0 Å². The van der Waals surface area contributed by atoms with Crippen molar-refractivity contribution in [2.75, 3.05) is 49.1 Å². The zero-order chi connectivity index (χ0) is 37.8. The topological polar surface area (TPSA) is 124 Å². The first-order chi connectivity index (χ1) is 26.1. The number of benzene rings is 3. The van der Waals surface area contributed by atoms with Gasteiger partial charge in [-0.25, -0.2) is 14.0 Å². The number of alkyl halides is 1. The summed E-state index contributed by atoms with van der Waals surface area (Å²) < 4.78 is 32.2. The predicted molar refractivity (Wildman–Crippen MR) is 202 cm³/mol. The third kappa shape index (κ3) is 8.28. The molecular weight excluding hydrogens is 689 g/mol. The number of aromatic nitrogens is 2. The number of likely N-dealkylation sites (tertiary alicyclic amines) is 1. The highest BCUT2D eigenvalue weighted by Gasteiger charge is 2.39. The molecule has 4 aromatic rings. The first-order valence-corrected chi connectivity index (χ1v) is 18.5. The van der Waals surface area contributed by atoms with Gasteiger partial charge in [0.1, 0.15) is 30.8 Å². The molecule has 0 bridgehead atoms. The minimum Gasteiger partial charge on any atom is -0.461 e. The number of amides is 2. The number of rotatable bonds is 8. The van der Waals surface area contributed by atoms with E-state index in [2.05, 4.69) is 46.2 Å². The second-order valence-corrected chi connectivity index (χ2v) is 15.1. The Morgan fingerprint density at radius 3 is 2.46 bits per heavy atom. The van der Waals surface area contributed by atoms with E-state index in [1.54, 1.807) is 25.7 Å². The maximum absolute atomic E-state index is 14.7. The summed E-state index contributed by atoms with van der Waals surface area (Å²) >= 11 is 0. The average Bonchev–Trinajstić information content (AvgIpc) is 3.55. The van der Waals surface area contributed by atoms with Crippen LogP contribution in [0.2, 0.25) is 0 Å². The molecule has 12 nitrogen and oxygen atoms in total. The van der Waals surface area contributed by atoms with Crippen LogP contribution in [0.15, 0.2) is 72.8 Å². The van der Waals surface area contributed by atoms with Crippen LogP contribution in [0.1, 0.15) is 50.4 Å². The minimum absolute atomic E-state index is 0.0109. The lowest BCUT2D eigenvalue weighted by molar-refractivity contribution is 0.0177. The highest BCUT2D eigenvalue weighted by molar-refractivity contribution is 5.94. The van der Waals surface area contributed by atoms with Crippen molar-refractivity contribution in [3.8, 4) is 12.1 Å². The monoisotopic (exact) mass is 735 g/mol. The molecule has 3 aliphatic heterocycles. The molecule has 3 atom stereocenters. The van der Waals surface area contributed by atoms with Crippen molar-refractivity contribution in [2.24, 2.45) is 0 Å². The van der Waals surface area contributed by atoms with Crippen LogP contribution >= 0.6 is 0 Å². The first kappa shape index (κ1) is 36.7. The van der Waals surface area contributed by atoms with Gasteiger partial charge in [-0.1, -0.05) is 66.7 Å². The highest BCUT2D eigenvalue weighted by atomic mass is 19.1. The van der Waals surface area contributed by atoms with Crippen LogP contribution in [-0.2, 0) is 29.0 Å².